The highest BCUT2D eigenvalue weighted by Crippen LogP contribution is 2.34. The quantitative estimate of drug-likeness (QED) is 0.779. The largest absolute Gasteiger partial charge is 0.361 e. The monoisotopic (exact) mass is 218 g/mol. The third kappa shape index (κ3) is 1.43. The molecule has 3 heteroatoms. The molecule has 2 aromatic rings. The number of nitrogens with one attached hydrogen (secondary N) is 1. The number of hydrogen-bond donors (Lipinski definition) is 1. The molecule has 0 amide bonds. The predicted octanol–water partition coefficient (Wildman–Crippen LogP) is 3.07. The number of aromatic nitrogens is 1. The molecule has 0 bridgehead atoms. The number of rotatable bonds is 1. The Kier molecular flexibility index (Phi) is 2.21. The molecule has 1 atom stereocenters. The summed E-state index contributed by atoms with van der Waals surface area (Å²) in [4.78, 5) is 5.56. The van der Waals surface area contributed by atoms with Gasteiger partial charge in [-0.05, 0) is 50.2 Å². The highest BCUT2D eigenvalue weighted by Gasteiger charge is 2.24. The van der Waals surface area contributed by atoms with Crippen LogP contribution in [0.25, 0.3) is 10.9 Å². The molecule has 1 unspecified atom stereocenters. The first kappa shape index (κ1) is 9.85. The Morgan fingerprint density at radius 3 is 3.06 bits per heavy atom. The lowest BCUT2D eigenvalue weighted by Gasteiger charge is -2.18. The standard InChI is InChI=1S/C13H15FN2/c1-16-6-2-3-13(16)11-8-15-12-5-4-9(14)7-10(11)12/h4-5,7-8,13,15H,2-3,6H2,1H3. The lowest BCUT2D eigenvalue weighted by Crippen LogP contribution is -2.17. The zero-order valence-electron chi connectivity index (χ0n) is 9.33. The summed E-state index contributed by atoms with van der Waals surface area (Å²) < 4.78 is 13.3. The van der Waals surface area contributed by atoms with Gasteiger partial charge < -0.3 is 4.98 Å². The van der Waals surface area contributed by atoms with Gasteiger partial charge in [0.1, 0.15) is 5.82 Å². The molecular formula is C13H15FN2. The van der Waals surface area contributed by atoms with Gasteiger partial charge in [0.05, 0.1) is 0 Å². The van der Waals surface area contributed by atoms with Gasteiger partial charge in [-0.2, -0.15) is 0 Å². The molecule has 1 fully saturated rings. The van der Waals surface area contributed by atoms with Crippen molar-refractivity contribution in [2.24, 2.45) is 0 Å². The number of aromatic amines is 1. The molecule has 0 radical (unpaired) electrons. The van der Waals surface area contributed by atoms with E-state index in [1.165, 1.54) is 24.5 Å². The highest BCUT2D eigenvalue weighted by atomic mass is 19.1. The fraction of sp³-hybridized carbons (Fsp3) is 0.385. The topological polar surface area (TPSA) is 19.0 Å². The van der Waals surface area contributed by atoms with Crippen molar-refractivity contribution >= 4 is 10.9 Å². The molecule has 0 saturated carbocycles. The van der Waals surface area contributed by atoms with E-state index < -0.39 is 0 Å². The minimum Gasteiger partial charge on any atom is -0.361 e. The van der Waals surface area contributed by atoms with Gasteiger partial charge in [-0.25, -0.2) is 4.39 Å². The first-order valence-electron chi connectivity index (χ1n) is 5.72. The Labute approximate surface area is 94.1 Å². The van der Waals surface area contributed by atoms with Crippen LogP contribution in [0.1, 0.15) is 24.4 Å². The summed E-state index contributed by atoms with van der Waals surface area (Å²) >= 11 is 0. The average molecular weight is 218 g/mol. The van der Waals surface area contributed by atoms with Crippen molar-refractivity contribution in [1.29, 1.82) is 0 Å². The molecule has 3 rings (SSSR count). The highest BCUT2D eigenvalue weighted by molar-refractivity contribution is 5.83. The molecule has 0 spiro atoms. The van der Waals surface area contributed by atoms with Crippen molar-refractivity contribution < 1.29 is 4.39 Å². The van der Waals surface area contributed by atoms with Gasteiger partial charge in [0, 0.05) is 23.1 Å². The van der Waals surface area contributed by atoms with Gasteiger partial charge in [-0.15, -0.1) is 0 Å². The van der Waals surface area contributed by atoms with E-state index in [1.54, 1.807) is 6.07 Å². The number of H-pyrrole nitrogens is 1. The summed E-state index contributed by atoms with van der Waals surface area (Å²) in [5.41, 5.74) is 2.26. The van der Waals surface area contributed by atoms with Crippen LogP contribution in [0.5, 0.6) is 0 Å². The summed E-state index contributed by atoms with van der Waals surface area (Å²) in [6.45, 7) is 1.13. The van der Waals surface area contributed by atoms with Gasteiger partial charge >= 0.3 is 0 Å². The number of halogens is 1. The normalized spacial score (nSPS) is 22.0. The molecule has 16 heavy (non-hydrogen) atoms. The van der Waals surface area contributed by atoms with Gasteiger partial charge in [0.2, 0.25) is 0 Å². The third-order valence-electron chi connectivity index (χ3n) is 3.56. The van der Waals surface area contributed by atoms with Crippen LogP contribution in [0.4, 0.5) is 4.39 Å². The fourth-order valence-electron chi connectivity index (χ4n) is 2.69. The Bertz CT molecular complexity index is 518. The van der Waals surface area contributed by atoms with E-state index in [1.807, 2.05) is 12.3 Å². The van der Waals surface area contributed by atoms with Crippen LogP contribution in [-0.4, -0.2) is 23.5 Å². The maximum Gasteiger partial charge on any atom is 0.123 e. The number of likely N-dealkylation sites (tertiary alicyclic amines) is 1. The third-order valence-corrected chi connectivity index (χ3v) is 3.56. The van der Waals surface area contributed by atoms with Crippen molar-refractivity contribution in [1.82, 2.24) is 9.88 Å². The summed E-state index contributed by atoms with van der Waals surface area (Å²) in [5.74, 6) is -0.158. The summed E-state index contributed by atoms with van der Waals surface area (Å²) in [6, 6.07) is 5.38. The van der Waals surface area contributed by atoms with Crippen LogP contribution in [0.2, 0.25) is 0 Å². The van der Waals surface area contributed by atoms with Crippen LogP contribution in [0.3, 0.4) is 0 Å². The first-order valence-corrected chi connectivity index (χ1v) is 5.72. The van der Waals surface area contributed by atoms with Crippen molar-refractivity contribution in [2.45, 2.75) is 18.9 Å². The fourth-order valence-corrected chi connectivity index (χ4v) is 2.69. The lowest BCUT2D eigenvalue weighted by molar-refractivity contribution is 0.319. The molecule has 2 nitrogen and oxygen atoms in total. The van der Waals surface area contributed by atoms with Crippen molar-refractivity contribution in [2.75, 3.05) is 13.6 Å². The predicted molar refractivity (Wildman–Crippen MR) is 62.9 cm³/mol. The summed E-state index contributed by atoms with van der Waals surface area (Å²) in [6.07, 6.45) is 4.42. The number of benzene rings is 1. The molecule has 0 aliphatic carbocycles. The Balaban J connectivity index is 2.12. The van der Waals surface area contributed by atoms with E-state index in [0.29, 0.717) is 6.04 Å². The molecule has 1 saturated heterocycles. The molecule has 1 aliphatic rings. The van der Waals surface area contributed by atoms with Crippen molar-refractivity contribution in [3.05, 3.63) is 35.8 Å². The molecule has 84 valence electrons. The maximum atomic E-state index is 13.3. The molecule has 1 aliphatic heterocycles. The van der Waals surface area contributed by atoms with Crippen LogP contribution in [0, 0.1) is 5.82 Å². The number of fused-ring (bicyclic) bond motifs is 1. The van der Waals surface area contributed by atoms with Gasteiger partial charge in [0.15, 0.2) is 0 Å². The first-order chi connectivity index (χ1) is 7.75. The number of hydrogen-bond acceptors (Lipinski definition) is 1. The second-order valence-electron chi connectivity index (χ2n) is 4.57. The van der Waals surface area contributed by atoms with Crippen LogP contribution in [-0.2, 0) is 0 Å². The minimum absolute atomic E-state index is 0.158. The zero-order valence-corrected chi connectivity index (χ0v) is 9.33. The van der Waals surface area contributed by atoms with E-state index in [2.05, 4.69) is 16.9 Å². The van der Waals surface area contributed by atoms with Crippen LogP contribution in [0.15, 0.2) is 24.4 Å². The lowest BCUT2D eigenvalue weighted by atomic mass is 10.0. The van der Waals surface area contributed by atoms with E-state index in [4.69, 9.17) is 0 Å². The van der Waals surface area contributed by atoms with Gasteiger partial charge in [-0.1, -0.05) is 0 Å². The Hall–Kier alpha value is -1.35. The van der Waals surface area contributed by atoms with Crippen LogP contribution >= 0.6 is 0 Å². The second-order valence-corrected chi connectivity index (χ2v) is 4.57. The number of nitrogens with zero attached hydrogens (tertiary/aromatic N) is 1. The van der Waals surface area contributed by atoms with Crippen LogP contribution < -0.4 is 0 Å². The molecule has 1 aromatic heterocycles. The summed E-state index contributed by atoms with van der Waals surface area (Å²) in [7, 11) is 2.13. The zero-order chi connectivity index (χ0) is 11.1. The van der Waals surface area contributed by atoms with Crippen molar-refractivity contribution in [3.63, 3.8) is 0 Å². The van der Waals surface area contributed by atoms with E-state index >= 15 is 0 Å². The minimum atomic E-state index is -0.158. The van der Waals surface area contributed by atoms with Gasteiger partial charge in [0.25, 0.3) is 0 Å². The Morgan fingerprint density at radius 1 is 1.44 bits per heavy atom. The smallest absolute Gasteiger partial charge is 0.123 e. The Morgan fingerprint density at radius 2 is 2.31 bits per heavy atom. The summed E-state index contributed by atoms with van der Waals surface area (Å²) in [5, 5.41) is 1.03. The van der Waals surface area contributed by atoms with Gasteiger partial charge in [-0.3, -0.25) is 4.90 Å². The van der Waals surface area contributed by atoms with E-state index in [9.17, 15) is 4.39 Å². The molecule has 1 N–H and O–H groups in total. The second kappa shape index (κ2) is 3.59. The van der Waals surface area contributed by atoms with E-state index in [0.717, 1.165) is 17.4 Å². The molecular weight excluding hydrogens is 203 g/mol. The SMILES string of the molecule is CN1CCCC1c1c[nH]c2ccc(F)cc12. The maximum absolute atomic E-state index is 13.3. The average Bonchev–Trinajstić information content (AvgIpc) is 2.83. The van der Waals surface area contributed by atoms with Crippen molar-refractivity contribution in [3.8, 4) is 0 Å². The molecule has 1 aromatic carbocycles. The molecule has 2 heterocycles. The van der Waals surface area contributed by atoms with E-state index in [-0.39, 0.29) is 5.82 Å².